The number of piperidine rings is 1. The number of likely N-dealkylation sites (tertiary alicyclic amines) is 1. The van der Waals surface area contributed by atoms with E-state index in [0.717, 1.165) is 38.2 Å². The van der Waals surface area contributed by atoms with Crippen LogP contribution in [0.2, 0.25) is 0 Å². The lowest BCUT2D eigenvalue weighted by molar-refractivity contribution is 0.135. The first kappa shape index (κ1) is 17.0. The molecule has 1 fully saturated rings. The van der Waals surface area contributed by atoms with Crippen molar-refractivity contribution in [3.8, 4) is 5.75 Å². The Morgan fingerprint density at radius 1 is 1.11 bits per heavy atom. The molecule has 3 aliphatic rings. The van der Waals surface area contributed by atoms with Gasteiger partial charge in [0.25, 0.3) is 0 Å². The Morgan fingerprint density at radius 2 is 1.96 bits per heavy atom. The average molecular weight is 364 g/mol. The zero-order chi connectivity index (χ0) is 18.4. The highest BCUT2D eigenvalue weighted by Gasteiger charge is 2.43. The zero-order valence-corrected chi connectivity index (χ0v) is 16.1. The molecular weight excluding hydrogens is 336 g/mol. The van der Waals surface area contributed by atoms with Crippen LogP contribution in [0.3, 0.4) is 0 Å². The van der Waals surface area contributed by atoms with Gasteiger partial charge in [0, 0.05) is 30.3 Å². The summed E-state index contributed by atoms with van der Waals surface area (Å²) in [6.45, 7) is 3.14. The van der Waals surface area contributed by atoms with Gasteiger partial charge in [-0.15, -0.1) is 0 Å². The van der Waals surface area contributed by atoms with E-state index in [1.165, 1.54) is 60.1 Å². The van der Waals surface area contributed by atoms with Gasteiger partial charge in [-0.3, -0.25) is 4.90 Å². The number of aromatic nitrogens is 2. The van der Waals surface area contributed by atoms with Crippen LogP contribution < -0.4 is 10.5 Å². The van der Waals surface area contributed by atoms with Crippen molar-refractivity contribution in [2.24, 2.45) is 0 Å². The Kier molecular flexibility index (Phi) is 4.08. The van der Waals surface area contributed by atoms with E-state index in [2.05, 4.69) is 27.0 Å². The number of ether oxygens (including phenoxy) is 1. The van der Waals surface area contributed by atoms with Crippen LogP contribution in [0.25, 0.3) is 0 Å². The van der Waals surface area contributed by atoms with Gasteiger partial charge in [0.15, 0.2) is 0 Å². The van der Waals surface area contributed by atoms with Crippen LogP contribution in [-0.4, -0.2) is 35.1 Å². The number of rotatable bonds is 3. The molecule has 1 atom stereocenters. The predicted octanol–water partition coefficient (Wildman–Crippen LogP) is 3.04. The summed E-state index contributed by atoms with van der Waals surface area (Å²) < 4.78 is 5.74. The van der Waals surface area contributed by atoms with Crippen LogP contribution in [0, 0.1) is 0 Å². The second-order valence-electron chi connectivity index (χ2n) is 8.48. The Bertz CT molecular complexity index is 877. The van der Waals surface area contributed by atoms with E-state index < -0.39 is 0 Å². The number of hydrogen-bond donors (Lipinski definition) is 1. The highest BCUT2D eigenvalue weighted by Crippen LogP contribution is 2.44. The summed E-state index contributed by atoms with van der Waals surface area (Å²) >= 11 is 0. The van der Waals surface area contributed by atoms with Crippen LogP contribution in [0.4, 0.5) is 5.95 Å². The number of nitrogen functional groups attached to an aromatic ring is 1. The van der Waals surface area contributed by atoms with Crippen molar-refractivity contribution in [1.29, 1.82) is 0 Å². The van der Waals surface area contributed by atoms with E-state index in [1.54, 1.807) is 7.11 Å². The number of aryl methyl sites for hydroxylation is 3. The van der Waals surface area contributed by atoms with Crippen molar-refractivity contribution >= 4 is 5.95 Å². The minimum atomic E-state index is 0.147. The summed E-state index contributed by atoms with van der Waals surface area (Å²) in [7, 11) is 1.80. The molecule has 27 heavy (non-hydrogen) atoms. The zero-order valence-electron chi connectivity index (χ0n) is 16.1. The van der Waals surface area contributed by atoms with Gasteiger partial charge in [-0.25, -0.2) is 9.97 Å². The summed E-state index contributed by atoms with van der Waals surface area (Å²) in [5.41, 5.74) is 12.9. The topological polar surface area (TPSA) is 64.3 Å². The molecule has 1 saturated heterocycles. The second-order valence-corrected chi connectivity index (χ2v) is 8.48. The first-order valence-electron chi connectivity index (χ1n) is 10.2. The van der Waals surface area contributed by atoms with Crippen molar-refractivity contribution in [1.82, 2.24) is 14.9 Å². The van der Waals surface area contributed by atoms with Crippen LogP contribution >= 0.6 is 0 Å². The molecule has 2 aliphatic carbocycles. The van der Waals surface area contributed by atoms with Gasteiger partial charge in [0.1, 0.15) is 5.75 Å². The molecule has 1 spiro atoms. The number of nitrogens with two attached hydrogens (primary N) is 1. The fraction of sp³-hybridized carbons (Fsp3) is 0.545. The average Bonchev–Trinajstić information content (AvgIpc) is 3.26. The van der Waals surface area contributed by atoms with E-state index in [0.29, 0.717) is 5.95 Å². The van der Waals surface area contributed by atoms with E-state index in [1.807, 2.05) is 6.20 Å². The maximum atomic E-state index is 5.92. The number of methoxy groups -OCH3 is 1. The van der Waals surface area contributed by atoms with Gasteiger partial charge in [-0.05, 0) is 74.2 Å². The van der Waals surface area contributed by atoms with Gasteiger partial charge in [0.05, 0.1) is 12.8 Å². The normalized spacial score (nSPS) is 24.2. The summed E-state index contributed by atoms with van der Waals surface area (Å²) in [6.07, 6.45) is 10.3. The number of anilines is 1. The Hall–Kier alpha value is -2.14. The maximum Gasteiger partial charge on any atom is 0.220 e. The maximum absolute atomic E-state index is 5.92. The van der Waals surface area contributed by atoms with Gasteiger partial charge in [-0.2, -0.15) is 0 Å². The van der Waals surface area contributed by atoms with Crippen molar-refractivity contribution < 1.29 is 4.74 Å². The molecular formula is C22H28N4O. The van der Waals surface area contributed by atoms with E-state index in [-0.39, 0.29) is 5.41 Å². The third-order valence-electron chi connectivity index (χ3n) is 6.80. The molecule has 0 bridgehead atoms. The van der Waals surface area contributed by atoms with Gasteiger partial charge in [-0.1, -0.05) is 6.07 Å². The van der Waals surface area contributed by atoms with Crippen molar-refractivity contribution in [2.75, 3.05) is 25.9 Å². The summed E-state index contributed by atoms with van der Waals surface area (Å²) in [5, 5.41) is 0. The third-order valence-corrected chi connectivity index (χ3v) is 6.80. The molecule has 5 nitrogen and oxygen atoms in total. The Labute approximate surface area is 161 Å². The number of nitrogens with zero attached hydrogens (tertiary/aromatic N) is 3. The van der Waals surface area contributed by atoms with Crippen LogP contribution in [0.5, 0.6) is 5.75 Å². The van der Waals surface area contributed by atoms with Gasteiger partial charge in [0.2, 0.25) is 5.95 Å². The summed E-state index contributed by atoms with van der Waals surface area (Å²) in [4.78, 5) is 11.5. The molecule has 2 N–H and O–H groups in total. The molecule has 0 amide bonds. The molecule has 0 saturated carbocycles. The monoisotopic (exact) mass is 364 g/mol. The second kappa shape index (κ2) is 6.48. The molecule has 0 radical (unpaired) electrons. The predicted molar refractivity (Wildman–Crippen MR) is 106 cm³/mol. The molecule has 5 rings (SSSR count). The largest absolute Gasteiger partial charge is 0.496 e. The molecule has 2 aromatic rings. The standard InChI is InChI=1S/C22H28N4O/c1-27-19-11-16-5-2-4-15(16)10-18(19)13-26-9-3-7-22(14-26)8-6-17-12-24-21(23)25-20(17)22/h10-12H,2-9,13-14H2,1H3,(H2,23,24,25). The van der Waals surface area contributed by atoms with E-state index in [4.69, 9.17) is 10.5 Å². The molecule has 1 aromatic heterocycles. The Morgan fingerprint density at radius 3 is 2.81 bits per heavy atom. The molecule has 5 heteroatoms. The minimum Gasteiger partial charge on any atom is -0.496 e. The minimum absolute atomic E-state index is 0.147. The highest BCUT2D eigenvalue weighted by atomic mass is 16.5. The van der Waals surface area contributed by atoms with Crippen LogP contribution in [0.1, 0.15) is 53.6 Å². The number of benzene rings is 1. The van der Waals surface area contributed by atoms with Crippen molar-refractivity contribution in [3.63, 3.8) is 0 Å². The summed E-state index contributed by atoms with van der Waals surface area (Å²) in [6, 6.07) is 4.67. The fourth-order valence-corrected chi connectivity index (χ4v) is 5.52. The number of hydrogen-bond acceptors (Lipinski definition) is 5. The van der Waals surface area contributed by atoms with Crippen LogP contribution in [-0.2, 0) is 31.2 Å². The molecule has 1 aliphatic heterocycles. The lowest BCUT2D eigenvalue weighted by atomic mass is 9.77. The SMILES string of the molecule is COc1cc2c(cc1CN1CCCC3(CCc4cnc(N)nc43)C1)CCC2. The lowest BCUT2D eigenvalue weighted by Gasteiger charge is -2.40. The van der Waals surface area contributed by atoms with E-state index >= 15 is 0 Å². The first-order chi connectivity index (χ1) is 13.2. The van der Waals surface area contributed by atoms with Crippen molar-refractivity contribution in [3.05, 3.63) is 46.3 Å². The van der Waals surface area contributed by atoms with Gasteiger partial charge >= 0.3 is 0 Å². The fourth-order valence-electron chi connectivity index (χ4n) is 5.52. The first-order valence-corrected chi connectivity index (χ1v) is 10.2. The quantitative estimate of drug-likeness (QED) is 0.907. The van der Waals surface area contributed by atoms with E-state index in [9.17, 15) is 0 Å². The third kappa shape index (κ3) is 2.89. The van der Waals surface area contributed by atoms with Crippen molar-refractivity contribution in [2.45, 2.75) is 56.9 Å². The van der Waals surface area contributed by atoms with Crippen LogP contribution in [0.15, 0.2) is 18.3 Å². The lowest BCUT2D eigenvalue weighted by Crippen LogP contribution is -2.45. The Balaban J connectivity index is 1.41. The summed E-state index contributed by atoms with van der Waals surface area (Å²) in [5.74, 6) is 1.46. The highest BCUT2D eigenvalue weighted by molar-refractivity contribution is 5.45. The molecule has 1 aromatic carbocycles. The molecule has 2 heterocycles. The number of fused-ring (bicyclic) bond motifs is 3. The van der Waals surface area contributed by atoms with Gasteiger partial charge < -0.3 is 10.5 Å². The molecule has 1 unspecified atom stereocenters. The molecule has 142 valence electrons. The smallest absolute Gasteiger partial charge is 0.220 e.